The van der Waals surface area contributed by atoms with Gasteiger partial charge in [-0.2, -0.15) is 10.2 Å². The lowest BCUT2D eigenvalue weighted by Gasteiger charge is -2.35. The molecule has 24 heavy (non-hydrogen) atoms. The number of piperazine rings is 1. The van der Waals surface area contributed by atoms with Gasteiger partial charge >= 0.3 is 0 Å². The van der Waals surface area contributed by atoms with Crippen LogP contribution in [0.5, 0.6) is 0 Å². The molecule has 4 heterocycles. The Kier molecular flexibility index (Phi) is 3.11. The van der Waals surface area contributed by atoms with E-state index in [2.05, 4.69) is 42.2 Å². The molecule has 0 radical (unpaired) electrons. The van der Waals surface area contributed by atoms with Gasteiger partial charge in [-0.25, -0.2) is 9.50 Å². The fourth-order valence-electron chi connectivity index (χ4n) is 3.34. The summed E-state index contributed by atoms with van der Waals surface area (Å²) in [6.45, 7) is 3.69. The summed E-state index contributed by atoms with van der Waals surface area (Å²) >= 11 is 0. The maximum absolute atomic E-state index is 4.56. The maximum Gasteiger partial charge on any atom is 0.154 e. The molecule has 2 aliphatic rings. The van der Waals surface area contributed by atoms with Gasteiger partial charge < -0.3 is 9.80 Å². The van der Waals surface area contributed by atoms with Crippen molar-refractivity contribution >= 4 is 17.2 Å². The summed E-state index contributed by atoms with van der Waals surface area (Å²) in [5, 5.41) is 13.1. The number of hydrogen-bond donors (Lipinski definition) is 0. The highest BCUT2D eigenvalue weighted by Crippen LogP contribution is 2.38. The highest BCUT2D eigenvalue weighted by molar-refractivity contribution is 5.68. The van der Waals surface area contributed by atoms with Crippen LogP contribution in [0.3, 0.4) is 0 Å². The number of anilines is 2. The molecule has 1 aliphatic carbocycles. The summed E-state index contributed by atoms with van der Waals surface area (Å²) in [7, 11) is 0. The standard InChI is InChI=1S/C17H19N7/c1-2-13(1)14-3-4-16(21-20-14)22-9-11-23(12-10-22)17-15-5-6-19-24(15)8-7-18-17/h3-8,13H,1-2,9-12H2. The van der Waals surface area contributed by atoms with E-state index in [1.54, 1.807) is 0 Å². The van der Waals surface area contributed by atoms with Crippen LogP contribution in [-0.2, 0) is 0 Å². The predicted octanol–water partition coefficient (Wildman–Crippen LogP) is 1.72. The van der Waals surface area contributed by atoms with Gasteiger partial charge in [0.25, 0.3) is 0 Å². The summed E-state index contributed by atoms with van der Waals surface area (Å²) in [5.41, 5.74) is 2.20. The van der Waals surface area contributed by atoms with Crippen molar-refractivity contribution < 1.29 is 0 Å². The summed E-state index contributed by atoms with van der Waals surface area (Å²) < 4.78 is 1.87. The lowest BCUT2D eigenvalue weighted by atomic mass is 10.2. The molecule has 7 heteroatoms. The van der Waals surface area contributed by atoms with Crippen molar-refractivity contribution in [2.24, 2.45) is 0 Å². The number of nitrogens with zero attached hydrogens (tertiary/aromatic N) is 7. The molecule has 0 spiro atoms. The van der Waals surface area contributed by atoms with Crippen molar-refractivity contribution in [2.45, 2.75) is 18.8 Å². The quantitative estimate of drug-likeness (QED) is 0.732. The van der Waals surface area contributed by atoms with Crippen LogP contribution in [0.15, 0.2) is 36.8 Å². The van der Waals surface area contributed by atoms with E-state index in [1.165, 1.54) is 12.8 Å². The second-order valence-electron chi connectivity index (χ2n) is 6.48. The van der Waals surface area contributed by atoms with Crippen LogP contribution in [0, 0.1) is 0 Å². The minimum Gasteiger partial charge on any atom is -0.352 e. The van der Waals surface area contributed by atoms with Crippen molar-refractivity contribution in [3.05, 3.63) is 42.5 Å². The fourth-order valence-corrected chi connectivity index (χ4v) is 3.34. The second kappa shape index (κ2) is 5.43. The first-order chi connectivity index (χ1) is 11.9. The van der Waals surface area contributed by atoms with Crippen molar-refractivity contribution in [1.29, 1.82) is 0 Å². The largest absolute Gasteiger partial charge is 0.352 e. The molecule has 122 valence electrons. The highest BCUT2D eigenvalue weighted by atomic mass is 15.3. The molecule has 1 saturated carbocycles. The Morgan fingerprint density at radius 1 is 0.875 bits per heavy atom. The van der Waals surface area contributed by atoms with Crippen LogP contribution < -0.4 is 9.80 Å². The maximum atomic E-state index is 4.56. The lowest BCUT2D eigenvalue weighted by Crippen LogP contribution is -2.47. The molecule has 0 atom stereocenters. The smallest absolute Gasteiger partial charge is 0.154 e. The Morgan fingerprint density at radius 3 is 2.46 bits per heavy atom. The Labute approximate surface area is 139 Å². The van der Waals surface area contributed by atoms with E-state index in [0.717, 1.165) is 49.0 Å². The van der Waals surface area contributed by atoms with E-state index in [-0.39, 0.29) is 0 Å². The van der Waals surface area contributed by atoms with Gasteiger partial charge in [0.2, 0.25) is 0 Å². The molecule has 0 bridgehead atoms. The van der Waals surface area contributed by atoms with Gasteiger partial charge in [0.15, 0.2) is 11.6 Å². The van der Waals surface area contributed by atoms with Crippen LogP contribution in [-0.4, -0.2) is 51.0 Å². The summed E-state index contributed by atoms with van der Waals surface area (Å²) in [6.07, 6.45) is 8.03. The molecule has 3 aromatic heterocycles. The number of hydrogen-bond acceptors (Lipinski definition) is 6. The molecule has 0 unspecified atom stereocenters. The summed E-state index contributed by atoms with van der Waals surface area (Å²) in [5.74, 6) is 2.64. The minimum atomic E-state index is 0.658. The Hall–Kier alpha value is -2.70. The molecular weight excluding hydrogens is 302 g/mol. The zero-order chi connectivity index (χ0) is 15.9. The van der Waals surface area contributed by atoms with Crippen LogP contribution >= 0.6 is 0 Å². The molecule has 1 aliphatic heterocycles. The first kappa shape index (κ1) is 13.7. The van der Waals surface area contributed by atoms with E-state index < -0.39 is 0 Å². The van der Waals surface area contributed by atoms with E-state index in [0.29, 0.717) is 5.92 Å². The third-order valence-corrected chi connectivity index (χ3v) is 4.87. The summed E-state index contributed by atoms with van der Waals surface area (Å²) in [6, 6.07) is 6.27. The molecule has 0 aromatic carbocycles. The fraction of sp³-hybridized carbons (Fsp3) is 0.412. The second-order valence-corrected chi connectivity index (χ2v) is 6.48. The Balaban J connectivity index is 1.31. The number of rotatable bonds is 3. The number of aromatic nitrogens is 5. The first-order valence-electron chi connectivity index (χ1n) is 8.50. The van der Waals surface area contributed by atoms with Gasteiger partial charge in [0.1, 0.15) is 5.52 Å². The molecule has 5 rings (SSSR count). The van der Waals surface area contributed by atoms with Crippen LogP contribution in [0.4, 0.5) is 11.6 Å². The van der Waals surface area contributed by atoms with Gasteiger partial charge in [0, 0.05) is 44.5 Å². The number of fused-ring (bicyclic) bond motifs is 1. The molecular formula is C17H19N7. The normalized spacial score (nSPS) is 18.3. The van der Waals surface area contributed by atoms with Crippen molar-refractivity contribution in [3.8, 4) is 0 Å². The molecule has 0 amide bonds. The van der Waals surface area contributed by atoms with Crippen molar-refractivity contribution in [1.82, 2.24) is 24.8 Å². The van der Waals surface area contributed by atoms with E-state index in [1.807, 2.05) is 29.2 Å². The third kappa shape index (κ3) is 2.36. The van der Waals surface area contributed by atoms with Gasteiger partial charge in [0.05, 0.1) is 11.9 Å². The van der Waals surface area contributed by atoms with Crippen LogP contribution in [0.25, 0.3) is 5.52 Å². The molecule has 2 fully saturated rings. The molecule has 0 N–H and O–H groups in total. The molecule has 7 nitrogen and oxygen atoms in total. The summed E-state index contributed by atoms with van der Waals surface area (Å²) in [4.78, 5) is 9.18. The van der Waals surface area contributed by atoms with E-state index in [9.17, 15) is 0 Å². The van der Waals surface area contributed by atoms with Crippen molar-refractivity contribution in [2.75, 3.05) is 36.0 Å². The Bertz CT molecular complexity index is 845. The first-order valence-corrected chi connectivity index (χ1v) is 8.50. The van der Waals surface area contributed by atoms with Gasteiger partial charge in [-0.15, -0.1) is 5.10 Å². The lowest BCUT2D eigenvalue weighted by molar-refractivity contribution is 0.637. The van der Waals surface area contributed by atoms with Crippen LogP contribution in [0.1, 0.15) is 24.5 Å². The highest BCUT2D eigenvalue weighted by Gasteiger charge is 2.26. The molecule has 3 aromatic rings. The average molecular weight is 321 g/mol. The van der Waals surface area contributed by atoms with Gasteiger partial charge in [-0.3, -0.25) is 0 Å². The third-order valence-electron chi connectivity index (χ3n) is 4.87. The van der Waals surface area contributed by atoms with Crippen LogP contribution in [0.2, 0.25) is 0 Å². The topological polar surface area (TPSA) is 62.5 Å². The van der Waals surface area contributed by atoms with Crippen molar-refractivity contribution in [3.63, 3.8) is 0 Å². The monoisotopic (exact) mass is 321 g/mol. The zero-order valence-corrected chi connectivity index (χ0v) is 13.4. The van der Waals surface area contributed by atoms with E-state index in [4.69, 9.17) is 0 Å². The Morgan fingerprint density at radius 2 is 1.71 bits per heavy atom. The average Bonchev–Trinajstić information content (AvgIpc) is 3.38. The van der Waals surface area contributed by atoms with Gasteiger partial charge in [-0.1, -0.05) is 0 Å². The zero-order valence-electron chi connectivity index (χ0n) is 13.4. The minimum absolute atomic E-state index is 0.658. The van der Waals surface area contributed by atoms with E-state index >= 15 is 0 Å². The SMILES string of the molecule is c1cn2nccc2c(N2CCN(c3ccc(C4CC4)nn3)CC2)n1. The molecule has 1 saturated heterocycles. The van der Waals surface area contributed by atoms with Gasteiger partial charge in [-0.05, 0) is 31.0 Å². The predicted molar refractivity (Wildman–Crippen MR) is 91.4 cm³/mol.